The highest BCUT2D eigenvalue weighted by atomic mass is 14.3. The molecule has 0 heteroatoms. The minimum atomic E-state index is 0.0275. The van der Waals surface area contributed by atoms with Crippen LogP contribution in [0.15, 0.2) is 260 Å². The summed E-state index contributed by atoms with van der Waals surface area (Å²) >= 11 is 0. The Balaban J connectivity index is 0.000000296. The Kier molecular flexibility index (Phi) is 25.5. The van der Waals surface area contributed by atoms with Crippen LogP contribution in [0.25, 0.3) is 33.4 Å². The summed E-state index contributed by atoms with van der Waals surface area (Å²) in [6.45, 7) is 39.6. The molecule has 0 amide bonds. The van der Waals surface area contributed by atoms with Crippen molar-refractivity contribution >= 4 is 22.3 Å². The number of aryl methyl sites for hydroxylation is 2. The van der Waals surface area contributed by atoms with Gasteiger partial charge in [0.2, 0.25) is 0 Å². The number of benzene rings is 4. The summed E-state index contributed by atoms with van der Waals surface area (Å²) in [4.78, 5) is 0. The monoisotopic (exact) mass is 949 g/mol. The molecule has 4 aromatic rings. The number of hydrogen-bond donors (Lipinski definition) is 0. The molecule has 0 nitrogen and oxygen atoms in total. The molecule has 6 rings (SSSR count). The second-order valence-electron chi connectivity index (χ2n) is 18.7. The second kappa shape index (κ2) is 31.1. The molecular weight excluding hydrogens is 865 g/mol. The van der Waals surface area contributed by atoms with Crippen molar-refractivity contribution in [3.8, 4) is 11.1 Å². The average molecular weight is 949 g/mol. The standard InChI is InChI=1S/C32H36.C19H20.C19H22.C2H6/c1-7-9-15-25(24(3)32(4,5)6)17-13-18-26(14-8-2)27-20-21-29-22-28-16-11-10-12-19-30(28)31(29)23-27;1-4-6-16(5-2)17-11-13-19(14-12-17)18-9-7-15(3)8-10-18;1-6-7-8-16(3)17(4)11-12-18(5)19-13-9-15(2)10-14-19;1-2/h7-10,12-21,23H,3,11,22H2,1-2,4-6H3;4-14H,1-3H3;6-14H,4-5H2,1-3H3;1-2H3/b9-7+,14-8+,17-13+,25-15-,26-18+;6-4-,16-5+;7-6-,12-11-,16-8+;. The van der Waals surface area contributed by atoms with Gasteiger partial charge in [-0.15, -0.1) is 0 Å². The van der Waals surface area contributed by atoms with Gasteiger partial charge >= 0.3 is 0 Å². The van der Waals surface area contributed by atoms with Crippen molar-refractivity contribution in [1.29, 1.82) is 0 Å². The van der Waals surface area contributed by atoms with Crippen molar-refractivity contribution in [3.63, 3.8) is 0 Å². The maximum Gasteiger partial charge on any atom is -0.00165 e. The van der Waals surface area contributed by atoms with Gasteiger partial charge in [-0.25, -0.2) is 0 Å². The van der Waals surface area contributed by atoms with Gasteiger partial charge in [-0.1, -0.05) is 272 Å². The van der Waals surface area contributed by atoms with E-state index in [-0.39, 0.29) is 5.41 Å². The molecule has 0 saturated heterocycles. The lowest BCUT2D eigenvalue weighted by Crippen LogP contribution is -2.09. The van der Waals surface area contributed by atoms with Crippen LogP contribution in [0.3, 0.4) is 0 Å². The van der Waals surface area contributed by atoms with E-state index in [9.17, 15) is 0 Å². The molecule has 0 aromatic heterocycles. The molecule has 72 heavy (non-hydrogen) atoms. The second-order valence-corrected chi connectivity index (χ2v) is 18.7. The molecule has 0 heterocycles. The zero-order chi connectivity index (χ0) is 53.1. The Bertz CT molecular complexity index is 2840. The summed E-state index contributed by atoms with van der Waals surface area (Å²) in [6.07, 6.45) is 44.6. The van der Waals surface area contributed by atoms with Gasteiger partial charge in [0, 0.05) is 0 Å². The smallest absolute Gasteiger partial charge is 0.00165 e. The van der Waals surface area contributed by atoms with Gasteiger partial charge < -0.3 is 0 Å². The highest BCUT2D eigenvalue weighted by Gasteiger charge is 2.22. The van der Waals surface area contributed by atoms with Crippen LogP contribution in [0.4, 0.5) is 0 Å². The highest BCUT2D eigenvalue weighted by molar-refractivity contribution is 5.89. The van der Waals surface area contributed by atoms with Crippen molar-refractivity contribution in [2.45, 2.75) is 103 Å². The van der Waals surface area contributed by atoms with Crippen LogP contribution in [-0.2, 0) is 6.42 Å². The molecule has 0 atom stereocenters. The Morgan fingerprint density at radius 2 is 1.12 bits per heavy atom. The molecule has 0 radical (unpaired) electrons. The maximum absolute atomic E-state index is 4.35. The Morgan fingerprint density at radius 1 is 0.569 bits per heavy atom. The Hall–Kier alpha value is -7.28. The number of rotatable bonds is 14. The first-order valence-corrected chi connectivity index (χ1v) is 25.8. The third-order valence-electron chi connectivity index (χ3n) is 12.2. The highest BCUT2D eigenvalue weighted by Crippen LogP contribution is 2.39. The molecule has 0 unspecified atom stereocenters. The zero-order valence-electron chi connectivity index (χ0n) is 46.2. The first-order chi connectivity index (χ1) is 34.6. The van der Waals surface area contributed by atoms with Crippen molar-refractivity contribution in [2.75, 3.05) is 0 Å². The molecule has 0 N–H and O–H groups in total. The molecule has 2 aliphatic rings. The van der Waals surface area contributed by atoms with Gasteiger partial charge in [-0.2, -0.15) is 0 Å². The summed E-state index contributed by atoms with van der Waals surface area (Å²) in [6, 6.07) is 32.7. The third-order valence-corrected chi connectivity index (χ3v) is 12.2. The maximum atomic E-state index is 4.35. The molecule has 0 spiro atoms. The fourth-order valence-electron chi connectivity index (χ4n) is 7.72. The first kappa shape index (κ1) is 59.0. The molecule has 4 aromatic carbocycles. The van der Waals surface area contributed by atoms with Gasteiger partial charge in [-0.3, -0.25) is 0 Å². The summed E-state index contributed by atoms with van der Waals surface area (Å²) in [7, 11) is 0. The largest absolute Gasteiger partial charge is 0.0947 e. The molecule has 2 aliphatic carbocycles. The van der Waals surface area contributed by atoms with Gasteiger partial charge in [-0.05, 0) is 169 Å². The van der Waals surface area contributed by atoms with Crippen LogP contribution in [0, 0.1) is 19.3 Å². The van der Waals surface area contributed by atoms with Crippen molar-refractivity contribution < 1.29 is 0 Å². The van der Waals surface area contributed by atoms with E-state index >= 15 is 0 Å². The minimum Gasteiger partial charge on any atom is -0.0947 e. The van der Waals surface area contributed by atoms with E-state index in [0.29, 0.717) is 0 Å². The topological polar surface area (TPSA) is 0 Å². The van der Waals surface area contributed by atoms with Crippen LogP contribution in [0.5, 0.6) is 0 Å². The van der Waals surface area contributed by atoms with Crippen LogP contribution >= 0.6 is 0 Å². The molecular formula is C72H84. The van der Waals surface area contributed by atoms with Crippen molar-refractivity contribution in [3.05, 3.63) is 299 Å². The molecule has 0 aliphatic heterocycles. The summed E-state index contributed by atoms with van der Waals surface area (Å²) in [5, 5.41) is 0. The van der Waals surface area contributed by atoms with E-state index in [0.717, 1.165) is 46.3 Å². The SMILES string of the molecule is C/C=C\C(=C/C)c1ccc(-c2ccc(C)cc2)cc1.C=C(/C=C\C(=C)c1ccc(C)cc1)/C(C)=C/C=C\C.C=C(C(=C\C=C\C)/C=C/C=C(\C=C\C)c1ccc2c(c1)C1=CC=CCC=C1C2)C(C)(C)C.CC. The Labute approximate surface area is 438 Å². The minimum absolute atomic E-state index is 0.0275. The van der Waals surface area contributed by atoms with Crippen molar-refractivity contribution in [2.24, 2.45) is 5.41 Å². The normalized spacial score (nSPS) is 14.1. The van der Waals surface area contributed by atoms with Gasteiger partial charge in [0.25, 0.3) is 0 Å². The lowest BCUT2D eigenvalue weighted by molar-refractivity contribution is 0.514. The van der Waals surface area contributed by atoms with E-state index in [1.54, 1.807) is 0 Å². The lowest BCUT2D eigenvalue weighted by Gasteiger charge is -2.22. The fraction of sp³-hybridized carbons (Fsp3) is 0.222. The van der Waals surface area contributed by atoms with Gasteiger partial charge in [0.1, 0.15) is 0 Å². The van der Waals surface area contributed by atoms with Crippen LogP contribution in [0.2, 0.25) is 0 Å². The van der Waals surface area contributed by atoms with E-state index in [1.165, 1.54) is 66.8 Å². The van der Waals surface area contributed by atoms with Gasteiger partial charge in [0.15, 0.2) is 0 Å². The van der Waals surface area contributed by atoms with Gasteiger partial charge in [0.05, 0.1) is 0 Å². The average Bonchev–Trinajstić information content (AvgIpc) is 3.56. The molecule has 0 fully saturated rings. The van der Waals surface area contributed by atoms with E-state index < -0.39 is 0 Å². The molecule has 0 bridgehead atoms. The summed E-state index contributed by atoms with van der Waals surface area (Å²) < 4.78 is 0. The van der Waals surface area contributed by atoms with E-state index in [4.69, 9.17) is 0 Å². The first-order valence-electron chi connectivity index (χ1n) is 25.8. The predicted octanol–water partition coefficient (Wildman–Crippen LogP) is 21.4. The summed E-state index contributed by atoms with van der Waals surface area (Å²) in [5.74, 6) is 0. The molecule has 372 valence electrons. The number of hydrogen-bond acceptors (Lipinski definition) is 0. The summed E-state index contributed by atoms with van der Waals surface area (Å²) in [5.41, 5.74) is 22.3. The Morgan fingerprint density at radius 3 is 1.71 bits per heavy atom. The molecule has 0 saturated carbocycles. The van der Waals surface area contributed by atoms with Crippen LogP contribution in [-0.4, -0.2) is 0 Å². The van der Waals surface area contributed by atoms with Crippen LogP contribution < -0.4 is 0 Å². The number of fused-ring (bicyclic) bond motifs is 3. The number of allylic oxidation sites excluding steroid dienone is 29. The van der Waals surface area contributed by atoms with Crippen LogP contribution in [0.1, 0.15) is 122 Å². The lowest BCUT2D eigenvalue weighted by atomic mass is 9.82. The van der Waals surface area contributed by atoms with Crippen molar-refractivity contribution in [1.82, 2.24) is 0 Å². The third kappa shape index (κ3) is 18.8. The van der Waals surface area contributed by atoms with E-state index in [1.807, 2.05) is 58.9 Å². The quantitative estimate of drug-likeness (QED) is 0.111. The zero-order valence-corrected chi connectivity index (χ0v) is 46.2. The fourth-order valence-corrected chi connectivity index (χ4v) is 7.72. The predicted molar refractivity (Wildman–Crippen MR) is 327 cm³/mol. The van der Waals surface area contributed by atoms with E-state index in [2.05, 4.69) is 263 Å².